The summed E-state index contributed by atoms with van der Waals surface area (Å²) >= 11 is 0. The monoisotopic (exact) mass is 254 g/mol. The minimum atomic E-state index is -0.400. The van der Waals surface area contributed by atoms with Crippen LogP contribution in [0, 0.1) is 0 Å². The number of nitrogens with zero attached hydrogens (tertiary/aromatic N) is 2. The highest BCUT2D eigenvalue weighted by atomic mass is 16.6. The maximum Gasteiger partial charge on any atom is 0.410 e. The molecule has 0 aromatic heterocycles. The molecule has 0 aromatic carbocycles. The molecule has 0 N–H and O–H groups in total. The Labute approximate surface area is 110 Å². The van der Waals surface area contributed by atoms with E-state index in [0.29, 0.717) is 12.1 Å². The highest BCUT2D eigenvalue weighted by Crippen LogP contribution is 2.26. The Hall–Kier alpha value is -0.770. The van der Waals surface area contributed by atoms with E-state index in [0.717, 1.165) is 13.0 Å². The van der Waals surface area contributed by atoms with Crippen LogP contribution in [0.5, 0.6) is 0 Å². The molecule has 0 aromatic rings. The van der Waals surface area contributed by atoms with Crippen LogP contribution >= 0.6 is 0 Å². The first-order valence-electron chi connectivity index (χ1n) is 7.10. The van der Waals surface area contributed by atoms with E-state index in [-0.39, 0.29) is 6.09 Å². The van der Waals surface area contributed by atoms with Crippen LogP contribution in [0.2, 0.25) is 0 Å². The van der Waals surface area contributed by atoms with Crippen LogP contribution in [0.4, 0.5) is 4.79 Å². The van der Waals surface area contributed by atoms with Gasteiger partial charge < -0.3 is 9.64 Å². The molecule has 2 aliphatic rings. The maximum absolute atomic E-state index is 12.1. The van der Waals surface area contributed by atoms with Gasteiger partial charge in [0.2, 0.25) is 0 Å². The van der Waals surface area contributed by atoms with Gasteiger partial charge >= 0.3 is 6.09 Å². The summed E-state index contributed by atoms with van der Waals surface area (Å²) in [4.78, 5) is 16.5. The van der Waals surface area contributed by atoms with Crippen LogP contribution in [0.25, 0.3) is 0 Å². The number of hydrogen-bond donors (Lipinski definition) is 0. The third kappa shape index (κ3) is 3.16. The van der Waals surface area contributed by atoms with Crippen molar-refractivity contribution in [2.45, 2.75) is 64.6 Å². The molecule has 4 nitrogen and oxygen atoms in total. The lowest BCUT2D eigenvalue weighted by Gasteiger charge is -2.27. The molecule has 2 atom stereocenters. The second-order valence-corrected chi connectivity index (χ2v) is 6.61. The summed E-state index contributed by atoms with van der Waals surface area (Å²) in [7, 11) is 0. The summed E-state index contributed by atoms with van der Waals surface area (Å²) in [6.07, 6.45) is 3.53. The van der Waals surface area contributed by atoms with Crippen LogP contribution < -0.4 is 0 Å². The average molecular weight is 254 g/mol. The van der Waals surface area contributed by atoms with Gasteiger partial charge in [-0.05, 0) is 60.0 Å². The summed E-state index contributed by atoms with van der Waals surface area (Å²) in [5, 5.41) is 0. The molecule has 0 bridgehead atoms. The highest BCUT2D eigenvalue weighted by molar-refractivity contribution is 5.69. The summed E-state index contributed by atoms with van der Waals surface area (Å²) in [5.41, 5.74) is -0.400. The van der Waals surface area contributed by atoms with Crippen LogP contribution in [-0.4, -0.2) is 53.2 Å². The SMILES string of the molecule is C[C@@H]1C[C@H](N2CCCC2)CN1C(=O)OC(C)(C)C. The Morgan fingerprint density at radius 1 is 1.22 bits per heavy atom. The van der Waals surface area contributed by atoms with Crippen molar-refractivity contribution >= 4 is 6.09 Å². The predicted octanol–water partition coefficient (Wildman–Crippen LogP) is 2.48. The van der Waals surface area contributed by atoms with Gasteiger partial charge in [-0.3, -0.25) is 4.90 Å². The number of hydrogen-bond acceptors (Lipinski definition) is 3. The van der Waals surface area contributed by atoms with Crippen LogP contribution in [0.15, 0.2) is 0 Å². The van der Waals surface area contributed by atoms with E-state index in [1.165, 1.54) is 25.9 Å². The second kappa shape index (κ2) is 5.08. The molecule has 104 valence electrons. The van der Waals surface area contributed by atoms with Crippen molar-refractivity contribution in [3.8, 4) is 0 Å². The lowest BCUT2D eigenvalue weighted by molar-refractivity contribution is 0.0229. The van der Waals surface area contributed by atoms with Crippen molar-refractivity contribution in [2.24, 2.45) is 0 Å². The number of rotatable bonds is 1. The smallest absolute Gasteiger partial charge is 0.410 e. The van der Waals surface area contributed by atoms with Crippen molar-refractivity contribution in [1.82, 2.24) is 9.80 Å². The second-order valence-electron chi connectivity index (χ2n) is 6.61. The molecule has 2 fully saturated rings. The minimum absolute atomic E-state index is 0.156. The summed E-state index contributed by atoms with van der Waals surface area (Å²) in [6.45, 7) is 11.1. The normalized spacial score (nSPS) is 29.9. The van der Waals surface area contributed by atoms with E-state index >= 15 is 0 Å². The van der Waals surface area contributed by atoms with Crippen LogP contribution in [-0.2, 0) is 4.74 Å². The molecule has 4 heteroatoms. The fourth-order valence-electron chi connectivity index (χ4n) is 2.95. The molecule has 2 aliphatic heterocycles. The Morgan fingerprint density at radius 3 is 2.39 bits per heavy atom. The predicted molar refractivity (Wildman–Crippen MR) is 71.6 cm³/mol. The van der Waals surface area contributed by atoms with Crippen molar-refractivity contribution < 1.29 is 9.53 Å². The van der Waals surface area contributed by atoms with Gasteiger partial charge in [0, 0.05) is 18.6 Å². The molecular formula is C14H26N2O2. The molecule has 0 saturated carbocycles. The van der Waals surface area contributed by atoms with Gasteiger partial charge in [0.05, 0.1) is 0 Å². The zero-order chi connectivity index (χ0) is 13.3. The molecule has 0 unspecified atom stereocenters. The van der Waals surface area contributed by atoms with E-state index in [1.54, 1.807) is 0 Å². The fraction of sp³-hybridized carbons (Fsp3) is 0.929. The number of ether oxygens (including phenoxy) is 1. The van der Waals surface area contributed by atoms with Crippen molar-refractivity contribution in [3.63, 3.8) is 0 Å². The van der Waals surface area contributed by atoms with Gasteiger partial charge in [0.15, 0.2) is 0 Å². The minimum Gasteiger partial charge on any atom is -0.444 e. The van der Waals surface area contributed by atoms with Gasteiger partial charge in [-0.25, -0.2) is 4.79 Å². The summed E-state index contributed by atoms with van der Waals surface area (Å²) < 4.78 is 5.47. The van der Waals surface area contributed by atoms with Gasteiger partial charge in [-0.1, -0.05) is 0 Å². The Morgan fingerprint density at radius 2 is 1.83 bits per heavy atom. The lowest BCUT2D eigenvalue weighted by Crippen LogP contribution is -2.40. The maximum atomic E-state index is 12.1. The van der Waals surface area contributed by atoms with Crippen molar-refractivity contribution in [3.05, 3.63) is 0 Å². The van der Waals surface area contributed by atoms with E-state index < -0.39 is 5.60 Å². The van der Waals surface area contributed by atoms with Crippen LogP contribution in [0.1, 0.15) is 47.0 Å². The summed E-state index contributed by atoms with van der Waals surface area (Å²) in [6, 6.07) is 0.834. The lowest BCUT2D eigenvalue weighted by atomic mass is 10.2. The summed E-state index contributed by atoms with van der Waals surface area (Å²) in [5.74, 6) is 0. The Balaban J connectivity index is 1.92. The zero-order valence-electron chi connectivity index (χ0n) is 12.1. The van der Waals surface area contributed by atoms with E-state index in [9.17, 15) is 4.79 Å². The molecule has 18 heavy (non-hydrogen) atoms. The molecule has 0 aliphatic carbocycles. The first-order valence-corrected chi connectivity index (χ1v) is 7.10. The average Bonchev–Trinajstić information content (AvgIpc) is 2.82. The molecule has 0 spiro atoms. The van der Waals surface area contributed by atoms with Crippen molar-refractivity contribution in [2.75, 3.05) is 19.6 Å². The topological polar surface area (TPSA) is 32.8 Å². The zero-order valence-corrected chi connectivity index (χ0v) is 12.1. The fourth-order valence-corrected chi connectivity index (χ4v) is 2.95. The third-order valence-corrected chi connectivity index (χ3v) is 3.84. The largest absolute Gasteiger partial charge is 0.444 e. The highest BCUT2D eigenvalue weighted by Gasteiger charge is 2.38. The molecule has 1 amide bonds. The van der Waals surface area contributed by atoms with E-state index in [1.807, 2.05) is 25.7 Å². The quantitative estimate of drug-likeness (QED) is 0.720. The molecular weight excluding hydrogens is 228 g/mol. The molecule has 2 heterocycles. The first-order chi connectivity index (χ1) is 8.37. The Bertz CT molecular complexity index is 305. The van der Waals surface area contributed by atoms with Gasteiger partial charge in [0.1, 0.15) is 5.60 Å². The number of carbonyl (C=O) groups excluding carboxylic acids is 1. The van der Waals surface area contributed by atoms with Gasteiger partial charge in [-0.2, -0.15) is 0 Å². The Kier molecular flexibility index (Phi) is 3.85. The standard InChI is InChI=1S/C14H26N2O2/c1-11-9-12(15-7-5-6-8-15)10-16(11)13(17)18-14(2,3)4/h11-12H,5-10H2,1-4H3/t11-,12+/m1/s1. The number of carbonyl (C=O) groups is 1. The number of amides is 1. The van der Waals surface area contributed by atoms with E-state index in [2.05, 4.69) is 11.8 Å². The molecule has 2 saturated heterocycles. The number of likely N-dealkylation sites (tertiary alicyclic amines) is 2. The van der Waals surface area contributed by atoms with Gasteiger partial charge in [-0.15, -0.1) is 0 Å². The molecule has 0 radical (unpaired) electrons. The van der Waals surface area contributed by atoms with Gasteiger partial charge in [0.25, 0.3) is 0 Å². The molecule has 2 rings (SSSR count). The van der Waals surface area contributed by atoms with Crippen molar-refractivity contribution in [1.29, 1.82) is 0 Å². The first kappa shape index (κ1) is 13.7. The third-order valence-electron chi connectivity index (χ3n) is 3.84. The van der Waals surface area contributed by atoms with Crippen LogP contribution in [0.3, 0.4) is 0 Å². The van der Waals surface area contributed by atoms with E-state index in [4.69, 9.17) is 4.74 Å².